The van der Waals surface area contributed by atoms with Gasteiger partial charge in [0.1, 0.15) is 5.52 Å². The Morgan fingerprint density at radius 3 is 2.74 bits per heavy atom. The van der Waals surface area contributed by atoms with Crippen molar-refractivity contribution >= 4 is 17.0 Å². The molecule has 3 rings (SSSR count). The number of hydrogen-bond donors (Lipinski definition) is 1. The van der Waals surface area contributed by atoms with Crippen LogP contribution in [0.2, 0.25) is 0 Å². The van der Waals surface area contributed by atoms with Crippen LogP contribution in [0.25, 0.3) is 11.1 Å². The zero-order valence-electron chi connectivity index (χ0n) is 10.0. The van der Waals surface area contributed by atoms with E-state index in [1.807, 2.05) is 24.3 Å². The third-order valence-electron chi connectivity index (χ3n) is 2.68. The molecule has 0 spiro atoms. The molecule has 1 aromatic carbocycles. The van der Waals surface area contributed by atoms with Gasteiger partial charge in [0.15, 0.2) is 5.58 Å². The van der Waals surface area contributed by atoms with Crippen LogP contribution in [-0.2, 0) is 6.54 Å². The molecule has 5 nitrogen and oxygen atoms in total. The summed E-state index contributed by atoms with van der Waals surface area (Å²) in [6.07, 6.45) is 3.16. The molecular formula is C14H11N3O2. The Balaban J connectivity index is 1.71. The second-order valence-electron chi connectivity index (χ2n) is 3.99. The molecule has 2 aromatic heterocycles. The lowest BCUT2D eigenvalue weighted by atomic mass is 10.2. The summed E-state index contributed by atoms with van der Waals surface area (Å²) in [4.78, 5) is 20.0. The summed E-state index contributed by atoms with van der Waals surface area (Å²) in [7, 11) is 0. The zero-order valence-corrected chi connectivity index (χ0v) is 10.0. The molecule has 0 unspecified atom stereocenters. The number of oxazole rings is 1. The number of nitrogens with zero attached hydrogens (tertiary/aromatic N) is 2. The van der Waals surface area contributed by atoms with Gasteiger partial charge in [0.05, 0.1) is 6.54 Å². The molecule has 0 fully saturated rings. The van der Waals surface area contributed by atoms with Gasteiger partial charge in [0, 0.05) is 18.0 Å². The molecule has 0 aliphatic heterocycles. The van der Waals surface area contributed by atoms with Gasteiger partial charge >= 0.3 is 0 Å². The number of aromatic nitrogens is 2. The van der Waals surface area contributed by atoms with Crippen LogP contribution in [0.3, 0.4) is 0 Å². The van der Waals surface area contributed by atoms with Crippen molar-refractivity contribution in [2.75, 3.05) is 0 Å². The molecule has 3 aromatic rings. The molecule has 94 valence electrons. The summed E-state index contributed by atoms with van der Waals surface area (Å²) in [6.45, 7) is 0.260. The van der Waals surface area contributed by atoms with Gasteiger partial charge in [0.2, 0.25) is 5.89 Å². The number of hydrogen-bond acceptors (Lipinski definition) is 4. The average molecular weight is 253 g/mol. The number of benzene rings is 1. The summed E-state index contributed by atoms with van der Waals surface area (Å²) in [5.74, 6) is 0.313. The van der Waals surface area contributed by atoms with Crippen LogP contribution in [0.4, 0.5) is 0 Å². The van der Waals surface area contributed by atoms with Crippen LogP contribution < -0.4 is 5.32 Å². The molecule has 0 atom stereocenters. The van der Waals surface area contributed by atoms with Crippen LogP contribution in [0.15, 0.2) is 53.2 Å². The first kappa shape index (κ1) is 11.4. The van der Waals surface area contributed by atoms with Gasteiger partial charge in [-0.15, -0.1) is 0 Å². The van der Waals surface area contributed by atoms with Crippen molar-refractivity contribution in [2.24, 2.45) is 0 Å². The molecule has 1 amide bonds. The first-order chi connectivity index (χ1) is 9.33. The summed E-state index contributed by atoms with van der Waals surface area (Å²) in [6, 6.07) is 10.8. The minimum atomic E-state index is -0.176. The van der Waals surface area contributed by atoms with Gasteiger partial charge in [-0.05, 0) is 24.3 Å². The number of nitrogens with one attached hydrogen (secondary N) is 1. The van der Waals surface area contributed by atoms with E-state index in [0.717, 1.165) is 11.1 Å². The van der Waals surface area contributed by atoms with Gasteiger partial charge < -0.3 is 9.73 Å². The smallest absolute Gasteiger partial charge is 0.251 e. The van der Waals surface area contributed by atoms with Crippen molar-refractivity contribution in [3.63, 3.8) is 0 Å². The lowest BCUT2D eigenvalue weighted by molar-refractivity contribution is 0.0947. The average Bonchev–Trinajstić information content (AvgIpc) is 2.88. The second kappa shape index (κ2) is 4.89. The molecule has 19 heavy (non-hydrogen) atoms. The van der Waals surface area contributed by atoms with Gasteiger partial charge in [-0.25, -0.2) is 4.98 Å². The van der Waals surface area contributed by atoms with Crippen LogP contribution in [0.1, 0.15) is 16.2 Å². The molecule has 0 saturated carbocycles. The number of rotatable bonds is 3. The third-order valence-corrected chi connectivity index (χ3v) is 2.68. The monoisotopic (exact) mass is 253 g/mol. The van der Waals surface area contributed by atoms with Crippen LogP contribution in [0, 0.1) is 0 Å². The molecule has 0 bridgehead atoms. The topological polar surface area (TPSA) is 68.0 Å². The fraction of sp³-hybridized carbons (Fsp3) is 0.0714. The highest BCUT2D eigenvalue weighted by Crippen LogP contribution is 2.14. The lowest BCUT2D eigenvalue weighted by Crippen LogP contribution is -2.22. The van der Waals surface area contributed by atoms with Crippen molar-refractivity contribution < 1.29 is 9.21 Å². The van der Waals surface area contributed by atoms with E-state index >= 15 is 0 Å². The normalized spacial score (nSPS) is 10.5. The predicted molar refractivity (Wildman–Crippen MR) is 69.4 cm³/mol. The maximum atomic E-state index is 11.8. The van der Waals surface area contributed by atoms with Crippen molar-refractivity contribution in [3.05, 3.63) is 60.2 Å². The van der Waals surface area contributed by atoms with E-state index < -0.39 is 0 Å². The van der Waals surface area contributed by atoms with Crippen molar-refractivity contribution in [1.29, 1.82) is 0 Å². The van der Waals surface area contributed by atoms with Crippen molar-refractivity contribution in [3.8, 4) is 0 Å². The highest BCUT2D eigenvalue weighted by atomic mass is 16.3. The minimum absolute atomic E-state index is 0.176. The molecule has 0 aliphatic rings. The first-order valence-corrected chi connectivity index (χ1v) is 5.85. The van der Waals surface area contributed by atoms with E-state index in [0.29, 0.717) is 11.5 Å². The van der Waals surface area contributed by atoms with E-state index in [2.05, 4.69) is 15.3 Å². The summed E-state index contributed by atoms with van der Waals surface area (Å²) >= 11 is 0. The fourth-order valence-electron chi connectivity index (χ4n) is 1.76. The third kappa shape index (κ3) is 2.44. The molecule has 0 saturated heterocycles. The Bertz CT molecular complexity index is 674. The van der Waals surface area contributed by atoms with Crippen LogP contribution in [-0.4, -0.2) is 15.9 Å². The van der Waals surface area contributed by atoms with E-state index in [-0.39, 0.29) is 12.5 Å². The molecular weight excluding hydrogens is 242 g/mol. The van der Waals surface area contributed by atoms with Crippen LogP contribution >= 0.6 is 0 Å². The lowest BCUT2D eigenvalue weighted by Gasteiger charge is -2.01. The van der Waals surface area contributed by atoms with Gasteiger partial charge in [-0.1, -0.05) is 12.1 Å². The van der Waals surface area contributed by atoms with Crippen LogP contribution in [0.5, 0.6) is 0 Å². The molecule has 2 heterocycles. The largest absolute Gasteiger partial charge is 0.439 e. The predicted octanol–water partition coefficient (Wildman–Crippen LogP) is 2.15. The van der Waals surface area contributed by atoms with Crippen molar-refractivity contribution in [1.82, 2.24) is 15.3 Å². The maximum Gasteiger partial charge on any atom is 0.251 e. The Morgan fingerprint density at radius 1 is 1.16 bits per heavy atom. The quantitative estimate of drug-likeness (QED) is 0.776. The number of amides is 1. The second-order valence-corrected chi connectivity index (χ2v) is 3.99. The summed E-state index contributed by atoms with van der Waals surface area (Å²) in [5, 5.41) is 2.75. The highest BCUT2D eigenvalue weighted by Gasteiger charge is 2.08. The number of carbonyl (C=O) groups is 1. The summed E-state index contributed by atoms with van der Waals surface area (Å²) < 4.78 is 5.52. The zero-order chi connectivity index (χ0) is 13.1. The van der Waals surface area contributed by atoms with E-state index in [1.54, 1.807) is 24.5 Å². The molecule has 1 N–H and O–H groups in total. The number of carbonyl (C=O) groups excluding carboxylic acids is 1. The number of pyridine rings is 1. The van der Waals surface area contributed by atoms with Gasteiger partial charge in [-0.2, -0.15) is 0 Å². The first-order valence-electron chi connectivity index (χ1n) is 5.85. The maximum absolute atomic E-state index is 11.8. The Hall–Kier alpha value is -2.69. The number of fused-ring (bicyclic) bond motifs is 1. The van der Waals surface area contributed by atoms with Gasteiger partial charge in [0.25, 0.3) is 5.91 Å². The van der Waals surface area contributed by atoms with E-state index in [4.69, 9.17) is 4.42 Å². The molecule has 0 radical (unpaired) electrons. The molecule has 0 aliphatic carbocycles. The number of para-hydroxylation sites is 2. The van der Waals surface area contributed by atoms with Crippen molar-refractivity contribution in [2.45, 2.75) is 6.54 Å². The van der Waals surface area contributed by atoms with E-state index in [1.165, 1.54) is 0 Å². The Morgan fingerprint density at radius 2 is 1.95 bits per heavy atom. The van der Waals surface area contributed by atoms with Gasteiger partial charge in [-0.3, -0.25) is 9.78 Å². The Kier molecular flexibility index (Phi) is 2.94. The van der Waals surface area contributed by atoms with E-state index in [9.17, 15) is 4.79 Å². The SMILES string of the molecule is O=C(NCc1nc2ccccc2o1)c1ccncc1. The highest BCUT2D eigenvalue weighted by molar-refractivity contribution is 5.93. The molecule has 5 heteroatoms. The Labute approximate surface area is 109 Å². The standard InChI is InChI=1S/C14H11N3O2/c18-14(10-5-7-15-8-6-10)16-9-13-17-11-3-1-2-4-12(11)19-13/h1-8H,9H2,(H,16,18). The fourth-order valence-corrected chi connectivity index (χ4v) is 1.76. The minimum Gasteiger partial charge on any atom is -0.439 e. The summed E-state index contributed by atoms with van der Waals surface area (Å²) in [5.41, 5.74) is 2.07.